The van der Waals surface area contributed by atoms with Gasteiger partial charge in [-0.3, -0.25) is 0 Å². The zero-order valence-corrected chi connectivity index (χ0v) is 10.5. The first kappa shape index (κ1) is 12.1. The maximum absolute atomic E-state index is 5.60. The summed E-state index contributed by atoms with van der Waals surface area (Å²) in [5.41, 5.74) is -0.255. The van der Waals surface area contributed by atoms with E-state index < -0.39 is 0 Å². The van der Waals surface area contributed by atoms with E-state index in [2.05, 4.69) is 0 Å². The molecule has 0 aliphatic rings. The van der Waals surface area contributed by atoms with Crippen LogP contribution in [0.4, 0.5) is 0 Å². The summed E-state index contributed by atoms with van der Waals surface area (Å²) in [4.78, 5) is 0. The van der Waals surface area contributed by atoms with Crippen LogP contribution in [0.25, 0.3) is 0 Å². The second-order valence-electron chi connectivity index (χ2n) is 4.89. The van der Waals surface area contributed by atoms with Gasteiger partial charge in [0.2, 0.25) is 0 Å². The summed E-state index contributed by atoms with van der Waals surface area (Å²) >= 11 is 0. The fourth-order valence-corrected chi connectivity index (χ4v) is 1.81. The Kier molecular flexibility index (Phi) is 3.94. The summed E-state index contributed by atoms with van der Waals surface area (Å²) in [6.07, 6.45) is 0. The quantitative estimate of drug-likeness (QED) is 0.484. The van der Waals surface area contributed by atoms with Crippen LogP contribution in [0.3, 0.4) is 0 Å². The zero-order valence-electron chi connectivity index (χ0n) is 9.10. The minimum absolute atomic E-state index is 0.120. The molecule has 0 unspecified atom stereocenters. The molecule has 0 N–H and O–H groups in total. The second kappa shape index (κ2) is 3.90. The Morgan fingerprint density at radius 1 is 0.833 bits per heavy atom. The Labute approximate surface area is 79.1 Å². The monoisotopic (exact) mass is 189 g/mol. The molecule has 0 heterocycles. The number of hydrogen-bond donors (Lipinski definition) is 0. The van der Waals surface area contributed by atoms with Crippen LogP contribution in [0.15, 0.2) is 0 Å². The Morgan fingerprint density at radius 2 is 1.08 bits per heavy atom. The predicted octanol–water partition coefficient (Wildman–Crippen LogP) is 1.53. The van der Waals surface area contributed by atoms with E-state index in [0.717, 1.165) is 0 Å². The standard InChI is InChI=1S/C9H21O2Si/c1-8(2,3)10-7(12)11-9(4,5)6/h7H,12H2,1-6H3. The third-order valence-corrected chi connectivity index (χ3v) is 1.30. The highest BCUT2D eigenvalue weighted by molar-refractivity contribution is 6.10. The number of rotatable bonds is 2. The van der Waals surface area contributed by atoms with Crippen molar-refractivity contribution in [2.24, 2.45) is 0 Å². The molecule has 0 aromatic rings. The number of ether oxygens (including phenoxy) is 2. The first-order valence-electron chi connectivity index (χ1n) is 4.29. The molecule has 0 saturated carbocycles. The second-order valence-corrected chi connectivity index (χ2v) is 5.56. The van der Waals surface area contributed by atoms with Crippen LogP contribution >= 0.6 is 0 Å². The molecule has 0 amide bonds. The molecule has 0 atom stereocenters. The Hall–Kier alpha value is 0.137. The van der Waals surface area contributed by atoms with Gasteiger partial charge in [0.05, 0.1) is 21.4 Å². The molecular weight excluding hydrogens is 168 g/mol. The van der Waals surface area contributed by atoms with Gasteiger partial charge in [-0.25, -0.2) is 0 Å². The SMILES string of the molecule is CC(C)(C)OC([SiH2])OC(C)(C)C. The molecule has 3 heteroatoms. The lowest BCUT2D eigenvalue weighted by Gasteiger charge is -2.30. The highest BCUT2D eigenvalue weighted by Gasteiger charge is 2.20. The van der Waals surface area contributed by atoms with Crippen LogP contribution in [-0.2, 0) is 9.47 Å². The summed E-state index contributed by atoms with van der Waals surface area (Å²) in [5.74, 6) is -0.120. The number of hydrogen-bond acceptors (Lipinski definition) is 2. The van der Waals surface area contributed by atoms with E-state index >= 15 is 0 Å². The Balaban J connectivity index is 3.83. The fraction of sp³-hybridized carbons (Fsp3) is 1.00. The van der Waals surface area contributed by atoms with Gasteiger partial charge in [-0.15, -0.1) is 0 Å². The fourth-order valence-electron chi connectivity index (χ4n) is 0.813. The molecule has 0 fully saturated rings. The van der Waals surface area contributed by atoms with Crippen molar-refractivity contribution in [3.05, 3.63) is 0 Å². The van der Waals surface area contributed by atoms with Gasteiger partial charge in [-0.05, 0) is 41.5 Å². The Morgan fingerprint density at radius 3 is 1.25 bits per heavy atom. The Bertz CT molecular complexity index is 116. The molecule has 0 saturated heterocycles. The van der Waals surface area contributed by atoms with E-state index in [-0.39, 0.29) is 17.1 Å². The van der Waals surface area contributed by atoms with Crippen molar-refractivity contribution in [2.45, 2.75) is 58.7 Å². The van der Waals surface area contributed by atoms with Crippen LogP contribution < -0.4 is 0 Å². The highest BCUT2D eigenvalue weighted by atomic mass is 28.1. The average Bonchev–Trinajstić information content (AvgIpc) is 1.49. The van der Waals surface area contributed by atoms with Gasteiger partial charge in [0, 0.05) is 0 Å². The van der Waals surface area contributed by atoms with Gasteiger partial charge in [0.15, 0.2) is 0 Å². The van der Waals surface area contributed by atoms with Gasteiger partial charge < -0.3 is 9.47 Å². The molecule has 0 bridgehead atoms. The lowest BCUT2D eigenvalue weighted by molar-refractivity contribution is -0.191. The lowest BCUT2D eigenvalue weighted by Crippen LogP contribution is -2.35. The molecule has 0 rings (SSSR count). The molecule has 0 aromatic carbocycles. The van der Waals surface area contributed by atoms with Gasteiger partial charge in [-0.1, -0.05) is 0 Å². The third-order valence-electron chi connectivity index (χ3n) is 0.970. The summed E-state index contributed by atoms with van der Waals surface area (Å²) in [5, 5.41) is 0. The minimum atomic E-state index is -0.127. The van der Waals surface area contributed by atoms with Crippen LogP contribution in [0.5, 0.6) is 0 Å². The van der Waals surface area contributed by atoms with Crippen LogP contribution in [0, 0.1) is 0 Å². The molecule has 1 radical (unpaired) electrons. The molecule has 0 aromatic heterocycles. The van der Waals surface area contributed by atoms with E-state index in [9.17, 15) is 0 Å². The lowest BCUT2D eigenvalue weighted by atomic mass is 10.2. The first-order valence-corrected chi connectivity index (χ1v) is 5.10. The van der Waals surface area contributed by atoms with E-state index in [1.165, 1.54) is 0 Å². The summed E-state index contributed by atoms with van der Waals surface area (Å²) in [6.45, 7) is 12.2. The van der Waals surface area contributed by atoms with Crippen molar-refractivity contribution < 1.29 is 9.47 Å². The van der Waals surface area contributed by atoms with Gasteiger partial charge in [-0.2, -0.15) is 0 Å². The molecule has 12 heavy (non-hydrogen) atoms. The molecular formula is C9H21O2Si. The highest BCUT2D eigenvalue weighted by Crippen LogP contribution is 2.15. The van der Waals surface area contributed by atoms with Crippen molar-refractivity contribution in [3.63, 3.8) is 0 Å². The van der Waals surface area contributed by atoms with Crippen LogP contribution in [-0.4, -0.2) is 27.4 Å². The van der Waals surface area contributed by atoms with Crippen molar-refractivity contribution in [1.29, 1.82) is 0 Å². The first-order chi connectivity index (χ1) is 5.10. The predicted molar refractivity (Wildman–Crippen MR) is 54.0 cm³/mol. The molecule has 0 aliphatic carbocycles. The van der Waals surface area contributed by atoms with E-state index in [4.69, 9.17) is 9.47 Å². The van der Waals surface area contributed by atoms with Crippen molar-refractivity contribution in [1.82, 2.24) is 0 Å². The molecule has 2 nitrogen and oxygen atoms in total. The third kappa shape index (κ3) is 8.24. The smallest absolute Gasteiger partial charge is 0.133 e. The van der Waals surface area contributed by atoms with E-state index in [0.29, 0.717) is 0 Å². The summed E-state index contributed by atoms with van der Waals surface area (Å²) in [7, 11) is 1.72. The maximum Gasteiger partial charge on any atom is 0.133 e. The van der Waals surface area contributed by atoms with Gasteiger partial charge in [0.1, 0.15) is 5.91 Å². The molecule has 73 valence electrons. The summed E-state index contributed by atoms with van der Waals surface area (Å²) < 4.78 is 11.2. The molecule has 0 aliphatic heterocycles. The van der Waals surface area contributed by atoms with Gasteiger partial charge >= 0.3 is 0 Å². The maximum atomic E-state index is 5.60. The topological polar surface area (TPSA) is 18.5 Å². The van der Waals surface area contributed by atoms with Crippen molar-refractivity contribution in [2.75, 3.05) is 0 Å². The van der Waals surface area contributed by atoms with Crippen LogP contribution in [0.2, 0.25) is 0 Å². The van der Waals surface area contributed by atoms with E-state index in [1.807, 2.05) is 41.5 Å². The summed E-state index contributed by atoms with van der Waals surface area (Å²) in [6, 6.07) is 0. The minimum Gasteiger partial charge on any atom is -0.352 e. The van der Waals surface area contributed by atoms with Gasteiger partial charge in [0.25, 0.3) is 0 Å². The molecule has 0 spiro atoms. The van der Waals surface area contributed by atoms with Crippen LogP contribution in [0.1, 0.15) is 41.5 Å². The normalized spacial score (nSPS) is 14.0. The van der Waals surface area contributed by atoms with Crippen molar-refractivity contribution in [3.8, 4) is 0 Å². The largest absolute Gasteiger partial charge is 0.352 e. The average molecular weight is 189 g/mol. The van der Waals surface area contributed by atoms with Crippen molar-refractivity contribution >= 4 is 10.2 Å². The zero-order chi connectivity index (χ0) is 9.99. The van der Waals surface area contributed by atoms with E-state index in [1.54, 1.807) is 10.2 Å².